The van der Waals surface area contributed by atoms with Gasteiger partial charge in [-0.25, -0.2) is 0 Å². The molecular formula is C16H18N2O2. The number of rotatable bonds is 3. The molecule has 104 valence electrons. The Bertz CT molecular complexity index is 658. The van der Waals surface area contributed by atoms with Crippen LogP contribution in [0.5, 0.6) is 0 Å². The second kappa shape index (κ2) is 4.20. The van der Waals surface area contributed by atoms with Crippen LogP contribution in [0.25, 0.3) is 11.3 Å². The van der Waals surface area contributed by atoms with Crippen LogP contribution < -0.4 is 0 Å². The van der Waals surface area contributed by atoms with Gasteiger partial charge in [0, 0.05) is 24.2 Å². The van der Waals surface area contributed by atoms with E-state index in [4.69, 9.17) is 0 Å². The minimum atomic E-state index is -0.720. The number of hydrogen-bond acceptors (Lipinski definition) is 2. The molecule has 4 nitrogen and oxygen atoms in total. The number of benzene rings is 1. The van der Waals surface area contributed by atoms with E-state index in [0.29, 0.717) is 0 Å². The second-order valence-electron chi connectivity index (χ2n) is 6.06. The van der Waals surface area contributed by atoms with Crippen LogP contribution in [0, 0.1) is 11.3 Å². The van der Waals surface area contributed by atoms with E-state index in [0.717, 1.165) is 17.0 Å². The van der Waals surface area contributed by atoms with Gasteiger partial charge in [-0.05, 0) is 11.5 Å². The molecule has 1 fully saturated rings. The number of carboxylic acids is 1. The van der Waals surface area contributed by atoms with Gasteiger partial charge in [0.1, 0.15) is 0 Å². The van der Waals surface area contributed by atoms with Crippen LogP contribution in [0.4, 0.5) is 0 Å². The number of nitrogens with zero attached hydrogens (tertiary/aromatic N) is 2. The van der Waals surface area contributed by atoms with E-state index in [-0.39, 0.29) is 17.3 Å². The van der Waals surface area contributed by atoms with Crippen molar-refractivity contribution in [1.82, 2.24) is 9.78 Å². The molecule has 1 aromatic heterocycles. The third-order valence-electron chi connectivity index (χ3n) is 4.40. The van der Waals surface area contributed by atoms with Crippen molar-refractivity contribution in [2.45, 2.75) is 19.8 Å². The van der Waals surface area contributed by atoms with Crippen molar-refractivity contribution >= 4 is 5.97 Å². The molecule has 0 saturated heterocycles. The second-order valence-corrected chi connectivity index (χ2v) is 6.06. The van der Waals surface area contributed by atoms with Crippen molar-refractivity contribution in [3.63, 3.8) is 0 Å². The summed E-state index contributed by atoms with van der Waals surface area (Å²) in [7, 11) is 1.88. The molecule has 1 saturated carbocycles. The summed E-state index contributed by atoms with van der Waals surface area (Å²) < 4.78 is 1.82. The molecule has 4 heteroatoms. The number of carboxylic acid groups (broad SMARTS) is 1. The zero-order valence-electron chi connectivity index (χ0n) is 11.9. The van der Waals surface area contributed by atoms with Gasteiger partial charge in [0.15, 0.2) is 0 Å². The maximum Gasteiger partial charge on any atom is 0.307 e. The van der Waals surface area contributed by atoms with Crippen LogP contribution in [0.15, 0.2) is 36.4 Å². The molecule has 3 rings (SSSR count). The molecule has 20 heavy (non-hydrogen) atoms. The fourth-order valence-electron chi connectivity index (χ4n) is 3.17. The first-order chi connectivity index (χ1) is 9.43. The highest BCUT2D eigenvalue weighted by molar-refractivity contribution is 5.77. The van der Waals surface area contributed by atoms with Crippen molar-refractivity contribution < 1.29 is 9.90 Å². The molecule has 1 heterocycles. The summed E-state index contributed by atoms with van der Waals surface area (Å²) >= 11 is 0. The molecule has 1 N–H and O–H groups in total. The summed E-state index contributed by atoms with van der Waals surface area (Å²) in [5.41, 5.74) is 2.75. The Kier molecular flexibility index (Phi) is 2.71. The molecule has 0 spiro atoms. The first-order valence-corrected chi connectivity index (χ1v) is 6.75. The van der Waals surface area contributed by atoms with E-state index in [2.05, 4.69) is 5.10 Å². The molecule has 2 aromatic rings. The van der Waals surface area contributed by atoms with Gasteiger partial charge >= 0.3 is 5.97 Å². The third-order valence-corrected chi connectivity index (χ3v) is 4.40. The Morgan fingerprint density at radius 2 is 1.95 bits per heavy atom. The lowest BCUT2D eigenvalue weighted by atomic mass is 10.1. The topological polar surface area (TPSA) is 55.1 Å². The molecule has 1 aliphatic rings. The van der Waals surface area contributed by atoms with E-state index in [1.807, 2.05) is 62.0 Å². The van der Waals surface area contributed by atoms with E-state index >= 15 is 0 Å². The average Bonchev–Trinajstić information content (AvgIpc) is 2.77. The molecular weight excluding hydrogens is 252 g/mol. The lowest BCUT2D eigenvalue weighted by molar-refractivity contribution is -0.139. The Morgan fingerprint density at radius 3 is 2.50 bits per heavy atom. The Balaban J connectivity index is 1.98. The van der Waals surface area contributed by atoms with E-state index in [1.54, 1.807) is 0 Å². The van der Waals surface area contributed by atoms with Crippen LogP contribution in [0.3, 0.4) is 0 Å². The van der Waals surface area contributed by atoms with E-state index in [1.165, 1.54) is 0 Å². The molecule has 1 aliphatic carbocycles. The standard InChI is InChI=1S/C16H18N2O2/c1-16(2)13(14(16)15(19)20)12-9-11(17-18(12)3)10-7-5-4-6-8-10/h4-9,13-14H,1-3H3,(H,19,20). The monoisotopic (exact) mass is 270 g/mol. The zero-order valence-corrected chi connectivity index (χ0v) is 11.9. The van der Waals surface area contributed by atoms with Crippen molar-refractivity contribution in [3.05, 3.63) is 42.1 Å². The number of hydrogen-bond donors (Lipinski definition) is 1. The van der Waals surface area contributed by atoms with Crippen LogP contribution >= 0.6 is 0 Å². The fourth-order valence-corrected chi connectivity index (χ4v) is 3.17. The van der Waals surface area contributed by atoms with Gasteiger partial charge in [-0.2, -0.15) is 5.10 Å². The zero-order chi connectivity index (χ0) is 14.5. The predicted molar refractivity (Wildman–Crippen MR) is 76.3 cm³/mol. The first kappa shape index (κ1) is 12.9. The smallest absolute Gasteiger partial charge is 0.307 e. The molecule has 0 bridgehead atoms. The van der Waals surface area contributed by atoms with Crippen molar-refractivity contribution in [2.24, 2.45) is 18.4 Å². The molecule has 0 aliphatic heterocycles. The highest BCUT2D eigenvalue weighted by Gasteiger charge is 2.63. The van der Waals surface area contributed by atoms with Gasteiger partial charge in [-0.3, -0.25) is 9.48 Å². The highest BCUT2D eigenvalue weighted by Crippen LogP contribution is 2.64. The van der Waals surface area contributed by atoms with E-state index in [9.17, 15) is 9.90 Å². The quantitative estimate of drug-likeness (QED) is 0.933. The lowest BCUT2D eigenvalue weighted by Crippen LogP contribution is -2.03. The van der Waals surface area contributed by atoms with Gasteiger partial charge in [0.05, 0.1) is 11.6 Å². The largest absolute Gasteiger partial charge is 0.481 e. The Hall–Kier alpha value is -2.10. The van der Waals surface area contributed by atoms with E-state index < -0.39 is 5.97 Å². The maximum absolute atomic E-state index is 11.3. The number of aromatic nitrogens is 2. The van der Waals surface area contributed by atoms with Gasteiger partial charge in [-0.1, -0.05) is 44.2 Å². The van der Waals surface area contributed by atoms with Crippen LogP contribution in [0.1, 0.15) is 25.5 Å². The van der Waals surface area contributed by atoms with Crippen molar-refractivity contribution in [3.8, 4) is 11.3 Å². The van der Waals surface area contributed by atoms with Crippen molar-refractivity contribution in [1.29, 1.82) is 0 Å². The third kappa shape index (κ3) is 1.83. The lowest BCUT2D eigenvalue weighted by Gasteiger charge is -2.02. The van der Waals surface area contributed by atoms with Crippen molar-refractivity contribution in [2.75, 3.05) is 0 Å². The minimum Gasteiger partial charge on any atom is -0.481 e. The first-order valence-electron chi connectivity index (χ1n) is 6.75. The van der Waals surface area contributed by atoms with Crippen LogP contribution in [0.2, 0.25) is 0 Å². The maximum atomic E-state index is 11.3. The fraction of sp³-hybridized carbons (Fsp3) is 0.375. The minimum absolute atomic E-state index is 0.0370. The Morgan fingerprint density at radius 1 is 1.30 bits per heavy atom. The summed E-state index contributed by atoms with van der Waals surface area (Å²) in [5.74, 6) is -1.00. The molecule has 0 amide bonds. The molecule has 1 aromatic carbocycles. The average molecular weight is 270 g/mol. The normalized spacial score (nSPS) is 23.6. The highest BCUT2D eigenvalue weighted by atomic mass is 16.4. The van der Waals surface area contributed by atoms with Crippen LogP contribution in [-0.2, 0) is 11.8 Å². The van der Waals surface area contributed by atoms with Crippen LogP contribution in [-0.4, -0.2) is 20.9 Å². The summed E-state index contributed by atoms with van der Waals surface area (Å²) in [6, 6.07) is 12.0. The molecule has 0 radical (unpaired) electrons. The van der Waals surface area contributed by atoms with Gasteiger partial charge in [0.25, 0.3) is 0 Å². The Labute approximate surface area is 118 Å². The number of aliphatic carboxylic acids is 1. The van der Waals surface area contributed by atoms with Gasteiger partial charge < -0.3 is 5.11 Å². The molecule has 2 unspecified atom stereocenters. The summed E-state index contributed by atoms with van der Waals surface area (Å²) in [6.45, 7) is 4.01. The van der Waals surface area contributed by atoms with Gasteiger partial charge in [0.2, 0.25) is 0 Å². The summed E-state index contributed by atoms with van der Waals surface area (Å²) in [5, 5.41) is 13.8. The summed E-state index contributed by atoms with van der Waals surface area (Å²) in [4.78, 5) is 11.3. The summed E-state index contributed by atoms with van der Waals surface area (Å²) in [6.07, 6.45) is 0. The van der Waals surface area contributed by atoms with Gasteiger partial charge in [-0.15, -0.1) is 0 Å². The number of aryl methyl sites for hydroxylation is 1. The SMILES string of the molecule is Cn1nc(-c2ccccc2)cc1C1C(C(=O)O)C1(C)C. The molecule has 2 atom stereocenters. The number of carbonyl (C=O) groups is 1. The predicted octanol–water partition coefficient (Wildman–Crippen LogP) is 2.91.